The average Bonchev–Trinajstić information content (AvgIpc) is 2.72. The molecule has 3 nitrogen and oxygen atoms in total. The van der Waals surface area contributed by atoms with Crippen LogP contribution in [0.2, 0.25) is 0 Å². The Balaban J connectivity index is 2.29. The van der Waals surface area contributed by atoms with Gasteiger partial charge in [0.1, 0.15) is 0 Å². The largest absolute Gasteiger partial charge is 0.322 e. The van der Waals surface area contributed by atoms with Crippen LogP contribution in [-0.2, 0) is 13.5 Å². The molecule has 0 amide bonds. The molecule has 0 aliphatic carbocycles. The maximum absolute atomic E-state index is 8.80. The predicted octanol–water partition coefficient (Wildman–Crippen LogP) is 3.39. The quantitative estimate of drug-likeness (QED) is 0.790. The molecule has 4 heteroatoms. The van der Waals surface area contributed by atoms with E-state index in [-0.39, 0.29) is 5.92 Å². The number of nitriles is 1. The Labute approximate surface area is 112 Å². The fourth-order valence-corrected chi connectivity index (χ4v) is 2.74. The first-order chi connectivity index (χ1) is 8.65. The third kappa shape index (κ3) is 2.51. The summed E-state index contributed by atoms with van der Waals surface area (Å²) in [6, 6.07) is 8.67. The van der Waals surface area contributed by atoms with E-state index in [0.717, 1.165) is 28.4 Å². The highest BCUT2D eigenvalue weighted by molar-refractivity contribution is 7.99. The number of imidazole rings is 1. The Morgan fingerprint density at radius 1 is 1.50 bits per heavy atom. The lowest BCUT2D eigenvalue weighted by Crippen LogP contribution is -1.97. The molecule has 0 aliphatic rings. The van der Waals surface area contributed by atoms with Crippen molar-refractivity contribution < 1.29 is 0 Å². The van der Waals surface area contributed by atoms with Gasteiger partial charge >= 0.3 is 0 Å². The van der Waals surface area contributed by atoms with Gasteiger partial charge in [0.05, 0.1) is 23.0 Å². The van der Waals surface area contributed by atoms with Gasteiger partial charge in [-0.15, -0.1) is 0 Å². The molecule has 0 saturated carbocycles. The Kier molecular flexibility index (Phi) is 3.93. The first-order valence-corrected chi connectivity index (χ1v) is 7.12. The second-order valence-corrected chi connectivity index (χ2v) is 5.46. The smallest absolute Gasteiger partial charge is 0.168 e. The zero-order chi connectivity index (χ0) is 13.1. The summed E-state index contributed by atoms with van der Waals surface area (Å²) in [6.45, 7) is 4.08. The van der Waals surface area contributed by atoms with Gasteiger partial charge in [-0.05, 0) is 31.0 Å². The van der Waals surface area contributed by atoms with E-state index in [0.29, 0.717) is 0 Å². The minimum absolute atomic E-state index is 0.0565. The molecule has 0 radical (unpaired) electrons. The van der Waals surface area contributed by atoms with Crippen molar-refractivity contribution in [2.45, 2.75) is 25.4 Å². The maximum atomic E-state index is 8.80. The lowest BCUT2D eigenvalue weighted by molar-refractivity contribution is 0.804. The number of aryl methyl sites for hydroxylation is 2. The molecule has 18 heavy (non-hydrogen) atoms. The second-order valence-electron chi connectivity index (χ2n) is 4.47. The van der Waals surface area contributed by atoms with Gasteiger partial charge in [0, 0.05) is 12.8 Å². The minimum atomic E-state index is 0.0565. The van der Waals surface area contributed by atoms with Crippen LogP contribution in [0.5, 0.6) is 0 Å². The molecule has 0 fully saturated rings. The van der Waals surface area contributed by atoms with Gasteiger partial charge in [-0.2, -0.15) is 5.26 Å². The summed E-state index contributed by atoms with van der Waals surface area (Å²) in [4.78, 5) is 4.64. The Bertz CT molecular complexity index is 595. The third-order valence-corrected chi connectivity index (χ3v) is 4.29. The number of aromatic nitrogens is 2. The van der Waals surface area contributed by atoms with Gasteiger partial charge in [-0.3, -0.25) is 0 Å². The predicted molar refractivity (Wildman–Crippen MR) is 75.6 cm³/mol. The van der Waals surface area contributed by atoms with Crippen LogP contribution >= 0.6 is 11.8 Å². The summed E-state index contributed by atoms with van der Waals surface area (Å²) in [5.41, 5.74) is 3.51. The molecule has 0 spiro atoms. The van der Waals surface area contributed by atoms with E-state index in [9.17, 15) is 0 Å². The molecule has 0 N–H and O–H groups in total. The monoisotopic (exact) mass is 259 g/mol. The summed E-state index contributed by atoms with van der Waals surface area (Å²) in [6.07, 6.45) is 1.03. The van der Waals surface area contributed by atoms with E-state index >= 15 is 0 Å². The number of fused-ring (bicyclic) bond motifs is 1. The zero-order valence-corrected chi connectivity index (χ0v) is 11.8. The number of hydrogen-bond acceptors (Lipinski definition) is 3. The first kappa shape index (κ1) is 13.0. The standard InChI is InChI=1S/C14H17N3S/c1-4-11-5-6-13-12(7-11)16-14(17(13)3)18-9-10(2)8-15/h5-7,10H,4,9H2,1-3H3. The molecule has 1 unspecified atom stereocenters. The van der Waals surface area contributed by atoms with Gasteiger partial charge < -0.3 is 4.57 Å². The second kappa shape index (κ2) is 5.45. The maximum Gasteiger partial charge on any atom is 0.168 e. The summed E-state index contributed by atoms with van der Waals surface area (Å²) in [5.74, 6) is 0.843. The van der Waals surface area contributed by atoms with E-state index in [1.807, 2.05) is 14.0 Å². The van der Waals surface area contributed by atoms with E-state index in [2.05, 4.69) is 40.7 Å². The number of benzene rings is 1. The van der Waals surface area contributed by atoms with Crippen molar-refractivity contribution in [1.82, 2.24) is 9.55 Å². The molecule has 1 heterocycles. The lowest BCUT2D eigenvalue weighted by atomic mass is 10.1. The van der Waals surface area contributed by atoms with Crippen molar-refractivity contribution in [2.75, 3.05) is 5.75 Å². The molecule has 2 rings (SSSR count). The average molecular weight is 259 g/mol. The van der Waals surface area contributed by atoms with Crippen LogP contribution in [0.15, 0.2) is 23.4 Å². The van der Waals surface area contributed by atoms with Gasteiger partial charge in [0.15, 0.2) is 5.16 Å². The molecule has 1 aromatic carbocycles. The number of rotatable bonds is 4. The molecule has 2 aromatic rings. The molecule has 94 valence electrons. The topological polar surface area (TPSA) is 41.6 Å². The van der Waals surface area contributed by atoms with Gasteiger partial charge in [0.2, 0.25) is 0 Å². The van der Waals surface area contributed by atoms with Crippen molar-refractivity contribution in [1.29, 1.82) is 5.26 Å². The van der Waals surface area contributed by atoms with E-state index in [4.69, 9.17) is 5.26 Å². The molecule has 0 aliphatic heterocycles. The van der Waals surface area contributed by atoms with Crippen molar-refractivity contribution >= 4 is 22.8 Å². The van der Waals surface area contributed by atoms with Gasteiger partial charge in [-0.25, -0.2) is 4.98 Å². The fourth-order valence-electron chi connectivity index (χ4n) is 1.81. The number of nitrogens with zero attached hydrogens (tertiary/aromatic N) is 3. The lowest BCUT2D eigenvalue weighted by Gasteiger charge is -2.02. The summed E-state index contributed by atoms with van der Waals surface area (Å²) in [5, 5.41) is 9.79. The first-order valence-electron chi connectivity index (χ1n) is 6.13. The molecule has 0 saturated heterocycles. The van der Waals surface area contributed by atoms with Crippen LogP contribution in [0.25, 0.3) is 11.0 Å². The van der Waals surface area contributed by atoms with Crippen molar-refractivity contribution in [3.05, 3.63) is 23.8 Å². The fraction of sp³-hybridized carbons (Fsp3) is 0.429. The minimum Gasteiger partial charge on any atom is -0.322 e. The third-order valence-electron chi connectivity index (χ3n) is 3.00. The summed E-state index contributed by atoms with van der Waals surface area (Å²) in [7, 11) is 2.03. The van der Waals surface area contributed by atoms with E-state index < -0.39 is 0 Å². The summed E-state index contributed by atoms with van der Waals surface area (Å²) >= 11 is 1.65. The van der Waals surface area contributed by atoms with Crippen LogP contribution in [0.4, 0.5) is 0 Å². The zero-order valence-electron chi connectivity index (χ0n) is 11.0. The highest BCUT2D eigenvalue weighted by Gasteiger charge is 2.10. The number of thioether (sulfide) groups is 1. The molecular weight excluding hydrogens is 242 g/mol. The van der Waals surface area contributed by atoms with Crippen LogP contribution in [0, 0.1) is 17.2 Å². The van der Waals surface area contributed by atoms with Gasteiger partial charge in [0.25, 0.3) is 0 Å². The van der Waals surface area contributed by atoms with Crippen LogP contribution in [0.1, 0.15) is 19.4 Å². The molecule has 1 atom stereocenters. The highest BCUT2D eigenvalue weighted by atomic mass is 32.2. The van der Waals surface area contributed by atoms with Crippen LogP contribution in [-0.4, -0.2) is 15.3 Å². The van der Waals surface area contributed by atoms with Crippen molar-refractivity contribution in [3.8, 4) is 6.07 Å². The van der Waals surface area contributed by atoms with Gasteiger partial charge in [-0.1, -0.05) is 24.8 Å². The van der Waals surface area contributed by atoms with Crippen LogP contribution < -0.4 is 0 Å². The molecular formula is C14H17N3S. The highest BCUT2D eigenvalue weighted by Crippen LogP contribution is 2.25. The van der Waals surface area contributed by atoms with Crippen molar-refractivity contribution in [3.63, 3.8) is 0 Å². The van der Waals surface area contributed by atoms with Crippen molar-refractivity contribution in [2.24, 2.45) is 13.0 Å². The Morgan fingerprint density at radius 2 is 2.28 bits per heavy atom. The van der Waals surface area contributed by atoms with E-state index in [1.54, 1.807) is 11.8 Å². The summed E-state index contributed by atoms with van der Waals surface area (Å²) < 4.78 is 2.10. The van der Waals surface area contributed by atoms with E-state index in [1.165, 1.54) is 5.56 Å². The Morgan fingerprint density at radius 3 is 2.94 bits per heavy atom. The van der Waals surface area contributed by atoms with Crippen LogP contribution in [0.3, 0.4) is 0 Å². The normalized spacial score (nSPS) is 12.6. The Hall–Kier alpha value is -1.47. The SMILES string of the molecule is CCc1ccc2c(c1)nc(SCC(C)C#N)n2C. The molecule has 1 aromatic heterocycles. The molecule has 0 bridgehead atoms. The number of hydrogen-bond donors (Lipinski definition) is 0.